The number of halogens is 1. The van der Waals surface area contributed by atoms with Crippen LogP contribution in [0.1, 0.15) is 26.7 Å². The van der Waals surface area contributed by atoms with Crippen LogP contribution in [-0.4, -0.2) is 76.8 Å². The van der Waals surface area contributed by atoms with Gasteiger partial charge in [-0.1, -0.05) is 23.7 Å². The highest BCUT2D eigenvalue weighted by Gasteiger charge is 2.31. The van der Waals surface area contributed by atoms with Crippen LogP contribution in [0, 0.1) is 0 Å². The zero-order chi connectivity index (χ0) is 24.6. The standard InChI is InChI=1S/C25H31ClN6O3/c1-25(2,27)23(33)32-9-7-18(8-10-32)35-24-28-20-15-19(26)21(29-22(20)30-24)16-3-5-17(6-4-16)31-11-13-34-14-12-31/h3-6,15,18H,7-14,27H2,1-2H3,(H,28,29,30). The molecule has 2 saturated heterocycles. The summed E-state index contributed by atoms with van der Waals surface area (Å²) in [6.45, 7) is 7.96. The third-order valence-electron chi connectivity index (χ3n) is 6.48. The van der Waals surface area contributed by atoms with Gasteiger partial charge in [0.05, 0.1) is 35.0 Å². The van der Waals surface area contributed by atoms with E-state index in [9.17, 15) is 4.79 Å². The van der Waals surface area contributed by atoms with Gasteiger partial charge in [-0.05, 0) is 32.0 Å². The first kappa shape index (κ1) is 23.8. The topological polar surface area (TPSA) is 110 Å². The summed E-state index contributed by atoms with van der Waals surface area (Å²) in [5.74, 6) is -0.0379. The second-order valence-electron chi connectivity index (χ2n) is 9.71. The van der Waals surface area contributed by atoms with Gasteiger partial charge in [0.1, 0.15) is 6.10 Å². The molecular formula is C25H31ClN6O3. The summed E-state index contributed by atoms with van der Waals surface area (Å²) in [4.78, 5) is 28.9. The molecule has 0 unspecified atom stereocenters. The molecule has 3 N–H and O–H groups in total. The van der Waals surface area contributed by atoms with Crippen molar-refractivity contribution in [3.8, 4) is 17.3 Å². The molecule has 10 heteroatoms. The highest BCUT2D eigenvalue weighted by molar-refractivity contribution is 6.33. The summed E-state index contributed by atoms with van der Waals surface area (Å²) in [6, 6.07) is 10.5. The van der Waals surface area contributed by atoms with Crippen molar-refractivity contribution in [2.24, 2.45) is 5.73 Å². The fourth-order valence-corrected chi connectivity index (χ4v) is 4.81. The number of hydrogen-bond donors (Lipinski definition) is 2. The van der Waals surface area contributed by atoms with E-state index in [0.717, 1.165) is 43.1 Å². The highest BCUT2D eigenvalue weighted by Crippen LogP contribution is 2.31. The van der Waals surface area contributed by atoms with Crippen LogP contribution in [0.4, 0.5) is 5.69 Å². The number of H-pyrrole nitrogens is 1. The molecule has 35 heavy (non-hydrogen) atoms. The van der Waals surface area contributed by atoms with Crippen LogP contribution in [0.25, 0.3) is 22.4 Å². The van der Waals surface area contributed by atoms with Gasteiger partial charge in [0, 0.05) is 50.3 Å². The van der Waals surface area contributed by atoms with Crippen molar-refractivity contribution in [2.45, 2.75) is 38.3 Å². The van der Waals surface area contributed by atoms with Gasteiger partial charge in [-0.25, -0.2) is 4.98 Å². The van der Waals surface area contributed by atoms with Gasteiger partial charge >= 0.3 is 0 Å². The average molecular weight is 499 g/mol. The number of fused-ring (bicyclic) bond motifs is 1. The number of anilines is 1. The molecule has 2 aliphatic rings. The molecule has 0 saturated carbocycles. The first-order chi connectivity index (χ1) is 16.8. The fourth-order valence-electron chi connectivity index (χ4n) is 4.55. The van der Waals surface area contributed by atoms with Gasteiger partial charge in [0.2, 0.25) is 5.91 Å². The Balaban J connectivity index is 1.27. The number of pyridine rings is 1. The lowest BCUT2D eigenvalue weighted by Crippen LogP contribution is -2.54. The Labute approximate surface area is 209 Å². The van der Waals surface area contributed by atoms with Crippen molar-refractivity contribution in [2.75, 3.05) is 44.3 Å². The molecule has 5 rings (SSSR count). The molecule has 0 bridgehead atoms. The number of morpholine rings is 1. The summed E-state index contributed by atoms with van der Waals surface area (Å²) in [7, 11) is 0. The van der Waals surface area contributed by atoms with Gasteiger partial charge in [-0.2, -0.15) is 4.98 Å². The van der Waals surface area contributed by atoms with Gasteiger partial charge in [-0.15, -0.1) is 0 Å². The van der Waals surface area contributed by atoms with E-state index in [4.69, 9.17) is 31.8 Å². The molecule has 3 aromatic rings. The number of hydrogen-bond acceptors (Lipinski definition) is 7. The van der Waals surface area contributed by atoms with Gasteiger partial charge in [-0.3, -0.25) is 4.79 Å². The maximum absolute atomic E-state index is 12.4. The molecule has 0 spiro atoms. The van der Waals surface area contributed by atoms with E-state index in [1.165, 1.54) is 0 Å². The number of carbonyl (C=O) groups is 1. The van der Waals surface area contributed by atoms with Gasteiger partial charge < -0.3 is 30.0 Å². The Kier molecular flexibility index (Phi) is 6.57. The zero-order valence-electron chi connectivity index (χ0n) is 20.1. The van der Waals surface area contributed by atoms with E-state index in [1.54, 1.807) is 18.7 Å². The molecular weight excluding hydrogens is 468 g/mol. The predicted molar refractivity (Wildman–Crippen MR) is 136 cm³/mol. The second-order valence-corrected chi connectivity index (χ2v) is 10.1. The number of rotatable bonds is 5. The Bertz CT molecular complexity index is 1190. The van der Waals surface area contributed by atoms with Crippen LogP contribution >= 0.6 is 11.6 Å². The van der Waals surface area contributed by atoms with Crippen molar-refractivity contribution in [3.05, 3.63) is 35.4 Å². The fraction of sp³-hybridized carbons (Fsp3) is 0.480. The Morgan fingerprint density at radius 3 is 2.49 bits per heavy atom. The second kappa shape index (κ2) is 9.64. The smallest absolute Gasteiger partial charge is 0.296 e. The van der Waals surface area contributed by atoms with Crippen LogP contribution in [0.2, 0.25) is 5.02 Å². The number of carbonyl (C=O) groups excluding carboxylic acids is 1. The maximum Gasteiger partial charge on any atom is 0.296 e. The summed E-state index contributed by atoms with van der Waals surface area (Å²) in [6.07, 6.45) is 1.39. The molecule has 2 aliphatic heterocycles. The van der Waals surface area contributed by atoms with Crippen LogP contribution in [0.5, 0.6) is 6.01 Å². The van der Waals surface area contributed by atoms with Crippen molar-refractivity contribution < 1.29 is 14.3 Å². The van der Waals surface area contributed by atoms with Crippen molar-refractivity contribution in [1.29, 1.82) is 0 Å². The lowest BCUT2D eigenvalue weighted by atomic mass is 10.0. The van der Waals surface area contributed by atoms with Crippen LogP contribution in [-0.2, 0) is 9.53 Å². The summed E-state index contributed by atoms with van der Waals surface area (Å²) in [5.41, 5.74) is 9.13. The third kappa shape index (κ3) is 5.22. The number of nitrogens with zero attached hydrogens (tertiary/aromatic N) is 4. The van der Waals surface area contributed by atoms with Crippen molar-refractivity contribution >= 4 is 34.4 Å². The number of nitrogens with one attached hydrogen (secondary N) is 1. The minimum Gasteiger partial charge on any atom is -0.461 e. The number of ether oxygens (including phenoxy) is 2. The van der Waals surface area contributed by atoms with Crippen molar-refractivity contribution in [1.82, 2.24) is 19.9 Å². The Morgan fingerprint density at radius 1 is 1.14 bits per heavy atom. The maximum atomic E-state index is 12.4. The van der Waals surface area contributed by atoms with E-state index in [2.05, 4.69) is 27.0 Å². The highest BCUT2D eigenvalue weighted by atomic mass is 35.5. The third-order valence-corrected chi connectivity index (χ3v) is 6.77. The first-order valence-corrected chi connectivity index (χ1v) is 12.4. The largest absolute Gasteiger partial charge is 0.461 e. The minimum absolute atomic E-state index is 0.0379. The van der Waals surface area contributed by atoms with E-state index in [-0.39, 0.29) is 12.0 Å². The number of piperidine rings is 1. The molecule has 2 fully saturated rings. The van der Waals surface area contributed by atoms with E-state index in [1.807, 2.05) is 18.2 Å². The molecule has 4 heterocycles. The first-order valence-electron chi connectivity index (χ1n) is 12.0. The molecule has 1 aromatic carbocycles. The number of aromatic nitrogens is 3. The lowest BCUT2D eigenvalue weighted by Gasteiger charge is -2.35. The summed E-state index contributed by atoms with van der Waals surface area (Å²) >= 11 is 6.58. The summed E-state index contributed by atoms with van der Waals surface area (Å²) < 4.78 is 11.5. The molecule has 0 aliphatic carbocycles. The minimum atomic E-state index is -0.863. The van der Waals surface area contributed by atoms with Crippen LogP contribution < -0.4 is 15.4 Å². The SMILES string of the molecule is CC(C)(N)C(=O)N1CCC(Oc2nc3nc(-c4ccc(N5CCOCC5)cc4)c(Cl)cc3[nH]2)CC1. The Hall–Kier alpha value is -2.88. The number of amides is 1. The molecule has 2 aromatic heterocycles. The van der Waals surface area contributed by atoms with Gasteiger partial charge in [0.15, 0.2) is 5.65 Å². The summed E-state index contributed by atoms with van der Waals surface area (Å²) in [5, 5.41) is 0.544. The number of benzene rings is 1. The molecule has 0 atom stereocenters. The lowest BCUT2D eigenvalue weighted by molar-refractivity contribution is -0.137. The zero-order valence-corrected chi connectivity index (χ0v) is 20.8. The molecule has 1 amide bonds. The monoisotopic (exact) mass is 498 g/mol. The predicted octanol–water partition coefficient (Wildman–Crippen LogP) is 3.22. The number of aromatic amines is 1. The number of likely N-dealkylation sites (tertiary alicyclic amines) is 1. The Morgan fingerprint density at radius 2 is 1.83 bits per heavy atom. The quantitative estimate of drug-likeness (QED) is 0.555. The van der Waals surface area contributed by atoms with E-state index < -0.39 is 5.54 Å². The van der Waals surface area contributed by atoms with Gasteiger partial charge in [0.25, 0.3) is 6.01 Å². The number of nitrogens with two attached hydrogens (primary N) is 1. The van der Waals surface area contributed by atoms with Crippen LogP contribution in [0.15, 0.2) is 30.3 Å². The average Bonchev–Trinajstić information content (AvgIpc) is 3.24. The normalized spacial score (nSPS) is 17.7. The molecule has 9 nitrogen and oxygen atoms in total. The molecule has 186 valence electrons. The molecule has 0 radical (unpaired) electrons. The van der Waals surface area contributed by atoms with E-state index in [0.29, 0.717) is 48.3 Å². The van der Waals surface area contributed by atoms with E-state index >= 15 is 0 Å². The van der Waals surface area contributed by atoms with Crippen LogP contribution in [0.3, 0.4) is 0 Å². The van der Waals surface area contributed by atoms with Crippen molar-refractivity contribution in [3.63, 3.8) is 0 Å². The number of imidazole rings is 1.